The van der Waals surface area contributed by atoms with Gasteiger partial charge in [-0.25, -0.2) is 8.78 Å². The average molecular weight is 400 g/mol. The summed E-state index contributed by atoms with van der Waals surface area (Å²) < 4.78 is 27.1. The summed E-state index contributed by atoms with van der Waals surface area (Å²) in [6, 6.07) is 11.4. The van der Waals surface area contributed by atoms with Crippen LogP contribution in [0, 0.1) is 11.6 Å². The first-order valence-electron chi connectivity index (χ1n) is 9.83. The van der Waals surface area contributed by atoms with Crippen molar-refractivity contribution in [2.75, 3.05) is 25.0 Å². The van der Waals surface area contributed by atoms with Gasteiger partial charge in [0.25, 0.3) is 0 Å². The minimum atomic E-state index is -0.589. The van der Waals surface area contributed by atoms with Gasteiger partial charge in [-0.3, -0.25) is 9.79 Å². The minimum Gasteiger partial charge on any atom is -0.357 e. The summed E-state index contributed by atoms with van der Waals surface area (Å²) in [4.78, 5) is 16.5. The lowest BCUT2D eigenvalue weighted by molar-refractivity contribution is -0.116. The van der Waals surface area contributed by atoms with Crippen LogP contribution in [0.15, 0.2) is 47.5 Å². The Hall–Kier alpha value is -2.96. The lowest BCUT2D eigenvalue weighted by atomic mass is 9.90. The standard InChI is InChI=1S/C22H26F2N4O/c1-3-25-22(26-12-14(2)17-9-8-16(23)11-19(17)24)27-13-15-10-21(29)28-20-7-5-4-6-18(15)20/h4-9,11,14-15H,3,10,12-13H2,1-2H3,(H,28,29)(H2,25,26,27). The van der Waals surface area contributed by atoms with Crippen molar-refractivity contribution in [3.8, 4) is 0 Å². The van der Waals surface area contributed by atoms with Gasteiger partial charge in [0.2, 0.25) is 5.91 Å². The largest absolute Gasteiger partial charge is 0.357 e. The van der Waals surface area contributed by atoms with Crippen LogP contribution >= 0.6 is 0 Å². The average Bonchev–Trinajstić information content (AvgIpc) is 2.69. The molecule has 7 heteroatoms. The number of carbonyl (C=O) groups excluding carboxylic acids is 1. The summed E-state index contributed by atoms with van der Waals surface area (Å²) in [5.41, 5.74) is 2.37. The topological polar surface area (TPSA) is 65.5 Å². The number of aliphatic imine (C=N–C) groups is 1. The van der Waals surface area contributed by atoms with Crippen LogP contribution in [0.4, 0.5) is 14.5 Å². The third kappa shape index (κ3) is 5.31. The van der Waals surface area contributed by atoms with Crippen molar-refractivity contribution in [2.45, 2.75) is 32.1 Å². The number of guanidine groups is 1. The van der Waals surface area contributed by atoms with Gasteiger partial charge in [-0.05, 0) is 30.2 Å². The number of carbonyl (C=O) groups is 1. The first-order chi connectivity index (χ1) is 14.0. The molecule has 2 aromatic carbocycles. The maximum absolute atomic E-state index is 14.0. The van der Waals surface area contributed by atoms with Crippen molar-refractivity contribution in [3.63, 3.8) is 0 Å². The van der Waals surface area contributed by atoms with Gasteiger partial charge >= 0.3 is 0 Å². The molecule has 2 atom stereocenters. The Bertz CT molecular complexity index is 900. The van der Waals surface area contributed by atoms with Gasteiger partial charge in [0, 0.05) is 49.6 Å². The van der Waals surface area contributed by atoms with Crippen molar-refractivity contribution < 1.29 is 13.6 Å². The van der Waals surface area contributed by atoms with Gasteiger partial charge in [0.05, 0.1) is 0 Å². The lowest BCUT2D eigenvalue weighted by Gasteiger charge is -2.26. The van der Waals surface area contributed by atoms with Gasteiger partial charge in [0.15, 0.2) is 5.96 Å². The van der Waals surface area contributed by atoms with Crippen molar-refractivity contribution in [3.05, 3.63) is 65.2 Å². The maximum Gasteiger partial charge on any atom is 0.225 e. The van der Waals surface area contributed by atoms with Crippen LogP contribution in [0.25, 0.3) is 0 Å². The van der Waals surface area contributed by atoms with Crippen molar-refractivity contribution in [2.24, 2.45) is 4.99 Å². The Labute approximate surface area is 169 Å². The van der Waals surface area contributed by atoms with Crippen LogP contribution in [-0.4, -0.2) is 31.5 Å². The Balaban J connectivity index is 1.66. The normalized spacial score (nSPS) is 17.3. The summed E-state index contributed by atoms with van der Waals surface area (Å²) in [6.45, 7) is 5.39. The van der Waals surface area contributed by atoms with E-state index in [1.54, 1.807) is 0 Å². The molecule has 0 fully saturated rings. The Morgan fingerprint density at radius 3 is 2.79 bits per heavy atom. The third-order valence-electron chi connectivity index (χ3n) is 4.98. The summed E-state index contributed by atoms with van der Waals surface area (Å²) in [5.74, 6) is -0.713. The highest BCUT2D eigenvalue weighted by Gasteiger charge is 2.24. The van der Waals surface area contributed by atoms with E-state index in [2.05, 4.69) is 20.9 Å². The highest BCUT2D eigenvalue weighted by molar-refractivity contribution is 5.94. The molecule has 29 heavy (non-hydrogen) atoms. The number of nitrogens with zero attached hydrogens (tertiary/aromatic N) is 1. The van der Waals surface area contributed by atoms with E-state index in [0.29, 0.717) is 37.6 Å². The Morgan fingerprint density at radius 1 is 1.24 bits per heavy atom. The summed E-state index contributed by atoms with van der Waals surface area (Å²) in [6.07, 6.45) is 0.403. The van der Waals surface area contributed by atoms with Gasteiger partial charge in [-0.15, -0.1) is 0 Å². The summed E-state index contributed by atoms with van der Waals surface area (Å²) in [5, 5.41) is 9.36. The van der Waals surface area contributed by atoms with E-state index in [4.69, 9.17) is 0 Å². The van der Waals surface area contributed by atoms with E-state index in [-0.39, 0.29) is 17.7 Å². The molecule has 0 radical (unpaired) electrons. The van der Waals surface area contributed by atoms with Crippen LogP contribution in [-0.2, 0) is 4.79 Å². The summed E-state index contributed by atoms with van der Waals surface area (Å²) >= 11 is 0. The molecule has 5 nitrogen and oxygen atoms in total. The van der Waals surface area contributed by atoms with E-state index in [1.807, 2.05) is 38.1 Å². The van der Waals surface area contributed by atoms with Crippen LogP contribution < -0.4 is 16.0 Å². The van der Waals surface area contributed by atoms with E-state index in [0.717, 1.165) is 17.3 Å². The maximum atomic E-state index is 14.0. The first-order valence-corrected chi connectivity index (χ1v) is 9.83. The molecule has 1 aliphatic heterocycles. The number of rotatable bonds is 6. The van der Waals surface area contributed by atoms with Gasteiger partial charge in [-0.1, -0.05) is 31.2 Å². The number of amides is 1. The Kier molecular flexibility index (Phi) is 6.80. The van der Waals surface area contributed by atoms with Gasteiger partial charge < -0.3 is 16.0 Å². The smallest absolute Gasteiger partial charge is 0.225 e. The number of para-hydroxylation sites is 1. The molecule has 2 unspecified atom stereocenters. The van der Waals surface area contributed by atoms with Gasteiger partial charge in [-0.2, -0.15) is 0 Å². The fourth-order valence-corrected chi connectivity index (χ4v) is 3.47. The quantitative estimate of drug-likeness (QED) is 0.511. The molecule has 1 amide bonds. The van der Waals surface area contributed by atoms with Crippen molar-refractivity contribution in [1.82, 2.24) is 10.6 Å². The monoisotopic (exact) mass is 400 g/mol. The first kappa shape index (κ1) is 20.8. The molecule has 0 aliphatic carbocycles. The zero-order chi connectivity index (χ0) is 20.8. The number of halogens is 2. The van der Waals surface area contributed by atoms with Crippen molar-refractivity contribution in [1.29, 1.82) is 0 Å². The fraction of sp³-hybridized carbons (Fsp3) is 0.364. The molecule has 3 N–H and O–H groups in total. The van der Waals surface area contributed by atoms with Crippen LogP contribution in [0.3, 0.4) is 0 Å². The molecule has 1 heterocycles. The molecule has 2 aromatic rings. The number of anilines is 1. The third-order valence-corrected chi connectivity index (χ3v) is 4.98. The SMILES string of the molecule is CCNC(=NCC(C)c1ccc(F)cc1F)NCC1CC(=O)Nc2ccccc21. The summed E-state index contributed by atoms with van der Waals surface area (Å²) in [7, 11) is 0. The molecule has 0 bridgehead atoms. The molecular weight excluding hydrogens is 374 g/mol. The number of hydrogen-bond acceptors (Lipinski definition) is 2. The second kappa shape index (κ2) is 9.49. The second-order valence-electron chi connectivity index (χ2n) is 7.20. The second-order valence-corrected chi connectivity index (χ2v) is 7.20. The number of nitrogens with one attached hydrogen (secondary N) is 3. The zero-order valence-corrected chi connectivity index (χ0v) is 16.6. The lowest BCUT2D eigenvalue weighted by Crippen LogP contribution is -2.41. The van der Waals surface area contributed by atoms with E-state index >= 15 is 0 Å². The molecular formula is C22H26F2N4O. The van der Waals surface area contributed by atoms with Gasteiger partial charge in [0.1, 0.15) is 11.6 Å². The molecule has 154 valence electrons. The van der Waals surface area contributed by atoms with E-state index in [9.17, 15) is 13.6 Å². The molecule has 0 spiro atoms. The molecule has 0 saturated carbocycles. The molecule has 1 aliphatic rings. The molecule has 3 rings (SSSR count). The molecule has 0 aromatic heterocycles. The number of benzene rings is 2. The predicted molar refractivity (Wildman–Crippen MR) is 111 cm³/mol. The highest BCUT2D eigenvalue weighted by atomic mass is 19.1. The molecule has 0 saturated heterocycles. The number of fused-ring (bicyclic) bond motifs is 1. The minimum absolute atomic E-state index is 0.00199. The highest BCUT2D eigenvalue weighted by Crippen LogP contribution is 2.31. The van der Waals surface area contributed by atoms with E-state index < -0.39 is 11.6 Å². The Morgan fingerprint density at radius 2 is 2.03 bits per heavy atom. The number of hydrogen-bond donors (Lipinski definition) is 3. The fourth-order valence-electron chi connectivity index (χ4n) is 3.47. The zero-order valence-electron chi connectivity index (χ0n) is 16.6. The van der Waals surface area contributed by atoms with E-state index in [1.165, 1.54) is 12.1 Å². The van der Waals surface area contributed by atoms with Crippen LogP contribution in [0.5, 0.6) is 0 Å². The van der Waals surface area contributed by atoms with Crippen molar-refractivity contribution >= 4 is 17.6 Å². The predicted octanol–water partition coefficient (Wildman–Crippen LogP) is 3.75. The van der Waals surface area contributed by atoms with Crippen LogP contribution in [0.2, 0.25) is 0 Å². The van der Waals surface area contributed by atoms with Crippen LogP contribution in [0.1, 0.15) is 43.2 Å².